The minimum absolute atomic E-state index is 0.146. The van der Waals surface area contributed by atoms with E-state index < -0.39 is 0 Å². The van der Waals surface area contributed by atoms with Gasteiger partial charge in [0.1, 0.15) is 0 Å². The topological polar surface area (TPSA) is 20.2 Å². The van der Waals surface area contributed by atoms with Crippen LogP contribution in [0.1, 0.15) is 46.0 Å². The van der Waals surface area contributed by atoms with Gasteiger partial charge in [-0.1, -0.05) is 25.2 Å². The minimum atomic E-state index is -0.201. The molecule has 1 aliphatic rings. The third-order valence-electron chi connectivity index (χ3n) is 3.02. The molecule has 1 heteroatoms. The zero-order valence-corrected chi connectivity index (χ0v) is 8.71. The van der Waals surface area contributed by atoms with Gasteiger partial charge in [0.15, 0.2) is 0 Å². The molecule has 0 aromatic carbocycles. The average molecular weight is 180 g/mol. The van der Waals surface area contributed by atoms with Crippen molar-refractivity contribution in [2.45, 2.75) is 52.1 Å². The molecule has 2 unspecified atom stereocenters. The minimum Gasteiger partial charge on any atom is -0.392 e. The van der Waals surface area contributed by atoms with Crippen molar-refractivity contribution in [3.8, 4) is 11.8 Å². The van der Waals surface area contributed by atoms with Crippen molar-refractivity contribution in [1.29, 1.82) is 0 Å². The molecular weight excluding hydrogens is 160 g/mol. The first-order chi connectivity index (χ1) is 6.25. The van der Waals surface area contributed by atoms with Gasteiger partial charge in [-0.05, 0) is 32.6 Å². The molecule has 1 saturated carbocycles. The second-order valence-electron chi connectivity index (χ2n) is 4.07. The second-order valence-corrected chi connectivity index (χ2v) is 4.07. The Bertz CT molecular complexity index is 193. The van der Waals surface area contributed by atoms with E-state index >= 15 is 0 Å². The van der Waals surface area contributed by atoms with Crippen LogP contribution in [0.25, 0.3) is 0 Å². The van der Waals surface area contributed by atoms with Gasteiger partial charge in [0.2, 0.25) is 0 Å². The van der Waals surface area contributed by atoms with Crippen molar-refractivity contribution >= 4 is 0 Å². The van der Waals surface area contributed by atoms with Crippen molar-refractivity contribution in [1.82, 2.24) is 0 Å². The summed E-state index contributed by atoms with van der Waals surface area (Å²) in [6, 6.07) is 0. The van der Waals surface area contributed by atoms with Gasteiger partial charge in [-0.25, -0.2) is 0 Å². The lowest BCUT2D eigenvalue weighted by Gasteiger charge is -2.28. The van der Waals surface area contributed by atoms with Crippen LogP contribution >= 0.6 is 0 Å². The van der Waals surface area contributed by atoms with Crippen molar-refractivity contribution in [2.24, 2.45) is 11.8 Å². The molecule has 0 radical (unpaired) electrons. The van der Waals surface area contributed by atoms with E-state index in [1.54, 1.807) is 0 Å². The summed E-state index contributed by atoms with van der Waals surface area (Å²) in [5.74, 6) is 6.57. The van der Waals surface area contributed by atoms with Crippen LogP contribution in [0.5, 0.6) is 0 Å². The van der Waals surface area contributed by atoms with E-state index in [1.807, 2.05) is 13.8 Å². The maximum absolute atomic E-state index is 9.97. The SMILES string of the molecule is CC#CC(C)C(O)C1CCCCC1. The Labute approximate surface area is 81.5 Å². The Kier molecular flexibility index (Phi) is 4.32. The molecular formula is C12H20O. The maximum Gasteiger partial charge on any atom is 0.0703 e. The van der Waals surface area contributed by atoms with Gasteiger partial charge in [0.25, 0.3) is 0 Å². The van der Waals surface area contributed by atoms with Gasteiger partial charge >= 0.3 is 0 Å². The summed E-state index contributed by atoms with van der Waals surface area (Å²) in [5.41, 5.74) is 0. The van der Waals surface area contributed by atoms with Crippen LogP contribution in [0.3, 0.4) is 0 Å². The molecule has 0 aliphatic heterocycles. The molecule has 0 heterocycles. The quantitative estimate of drug-likeness (QED) is 0.648. The van der Waals surface area contributed by atoms with Gasteiger partial charge in [-0.15, -0.1) is 5.92 Å². The molecule has 0 bridgehead atoms. The number of aliphatic hydroxyl groups is 1. The van der Waals surface area contributed by atoms with E-state index in [2.05, 4.69) is 11.8 Å². The molecule has 0 aromatic heterocycles. The van der Waals surface area contributed by atoms with Crippen molar-refractivity contribution in [3.05, 3.63) is 0 Å². The molecule has 1 N–H and O–H groups in total. The molecule has 1 nitrogen and oxygen atoms in total. The van der Waals surface area contributed by atoms with Crippen LogP contribution in [0, 0.1) is 23.7 Å². The summed E-state index contributed by atoms with van der Waals surface area (Å²) in [6.07, 6.45) is 6.10. The molecule has 1 fully saturated rings. The van der Waals surface area contributed by atoms with E-state index in [0.717, 1.165) is 0 Å². The Balaban J connectivity index is 2.43. The van der Waals surface area contributed by atoms with Crippen LogP contribution in [-0.2, 0) is 0 Å². The summed E-state index contributed by atoms with van der Waals surface area (Å²) >= 11 is 0. The first-order valence-corrected chi connectivity index (χ1v) is 5.36. The normalized spacial score (nSPS) is 23.0. The lowest BCUT2D eigenvalue weighted by Crippen LogP contribution is -2.28. The Morgan fingerprint density at radius 1 is 1.23 bits per heavy atom. The highest BCUT2D eigenvalue weighted by Crippen LogP contribution is 2.29. The fraction of sp³-hybridized carbons (Fsp3) is 0.833. The maximum atomic E-state index is 9.97. The standard InChI is InChI=1S/C12H20O/c1-3-7-10(2)12(13)11-8-5-4-6-9-11/h10-13H,4-6,8-9H2,1-2H3. The van der Waals surface area contributed by atoms with Crippen molar-refractivity contribution < 1.29 is 5.11 Å². The smallest absolute Gasteiger partial charge is 0.0703 e. The van der Waals surface area contributed by atoms with Crippen LogP contribution in [0.2, 0.25) is 0 Å². The van der Waals surface area contributed by atoms with Crippen LogP contribution in [0.4, 0.5) is 0 Å². The number of hydrogen-bond acceptors (Lipinski definition) is 1. The van der Waals surface area contributed by atoms with Crippen molar-refractivity contribution in [3.63, 3.8) is 0 Å². The first-order valence-electron chi connectivity index (χ1n) is 5.36. The highest BCUT2D eigenvalue weighted by Gasteiger charge is 2.24. The molecule has 2 atom stereocenters. The fourth-order valence-electron chi connectivity index (χ4n) is 2.20. The predicted octanol–water partition coefficient (Wildman–Crippen LogP) is 2.59. The van der Waals surface area contributed by atoms with Crippen LogP contribution in [-0.4, -0.2) is 11.2 Å². The van der Waals surface area contributed by atoms with Gasteiger partial charge < -0.3 is 5.11 Å². The molecule has 0 amide bonds. The molecule has 74 valence electrons. The first kappa shape index (κ1) is 10.6. The zero-order chi connectivity index (χ0) is 9.68. The molecule has 0 spiro atoms. The summed E-state index contributed by atoms with van der Waals surface area (Å²) in [6.45, 7) is 3.86. The highest BCUT2D eigenvalue weighted by atomic mass is 16.3. The van der Waals surface area contributed by atoms with E-state index in [4.69, 9.17) is 0 Å². The van der Waals surface area contributed by atoms with E-state index in [9.17, 15) is 5.11 Å². The van der Waals surface area contributed by atoms with Gasteiger partial charge in [-0.2, -0.15) is 0 Å². The highest BCUT2D eigenvalue weighted by molar-refractivity contribution is 5.02. The number of rotatable bonds is 2. The largest absolute Gasteiger partial charge is 0.392 e. The predicted molar refractivity (Wildman–Crippen MR) is 55.2 cm³/mol. The molecule has 0 aromatic rings. The van der Waals surface area contributed by atoms with Gasteiger partial charge in [0, 0.05) is 5.92 Å². The summed E-state index contributed by atoms with van der Waals surface area (Å²) in [5, 5.41) is 9.97. The Morgan fingerprint density at radius 3 is 2.38 bits per heavy atom. The van der Waals surface area contributed by atoms with Gasteiger partial charge in [0.05, 0.1) is 6.10 Å². The Hall–Kier alpha value is -0.480. The lowest BCUT2D eigenvalue weighted by molar-refractivity contribution is 0.0586. The fourth-order valence-corrected chi connectivity index (χ4v) is 2.20. The summed E-state index contributed by atoms with van der Waals surface area (Å²) in [4.78, 5) is 0. The van der Waals surface area contributed by atoms with E-state index in [-0.39, 0.29) is 12.0 Å². The van der Waals surface area contributed by atoms with E-state index in [0.29, 0.717) is 5.92 Å². The second kappa shape index (κ2) is 5.29. The third-order valence-corrected chi connectivity index (χ3v) is 3.02. The van der Waals surface area contributed by atoms with E-state index in [1.165, 1.54) is 32.1 Å². The lowest BCUT2D eigenvalue weighted by atomic mass is 9.81. The number of aliphatic hydroxyl groups excluding tert-OH is 1. The van der Waals surface area contributed by atoms with Crippen LogP contribution in [0.15, 0.2) is 0 Å². The molecule has 1 rings (SSSR count). The van der Waals surface area contributed by atoms with Crippen LogP contribution < -0.4 is 0 Å². The summed E-state index contributed by atoms with van der Waals surface area (Å²) < 4.78 is 0. The molecule has 0 saturated heterocycles. The van der Waals surface area contributed by atoms with Crippen molar-refractivity contribution in [2.75, 3.05) is 0 Å². The summed E-state index contributed by atoms with van der Waals surface area (Å²) in [7, 11) is 0. The zero-order valence-electron chi connectivity index (χ0n) is 8.71. The third kappa shape index (κ3) is 3.04. The number of hydrogen-bond donors (Lipinski definition) is 1. The monoisotopic (exact) mass is 180 g/mol. The Morgan fingerprint density at radius 2 is 1.85 bits per heavy atom. The molecule has 1 aliphatic carbocycles. The molecule has 13 heavy (non-hydrogen) atoms. The van der Waals surface area contributed by atoms with Gasteiger partial charge in [-0.3, -0.25) is 0 Å². The average Bonchev–Trinajstić information content (AvgIpc) is 2.18.